The van der Waals surface area contributed by atoms with Crippen LogP contribution in [0.5, 0.6) is 5.75 Å². The van der Waals surface area contributed by atoms with E-state index in [0.717, 1.165) is 53.2 Å². The van der Waals surface area contributed by atoms with E-state index in [1.807, 2.05) is 30.3 Å². The minimum atomic E-state index is 0. The van der Waals surface area contributed by atoms with Crippen LogP contribution in [0.15, 0.2) is 66.7 Å². The zero-order valence-electron chi connectivity index (χ0n) is 17.6. The number of nitrogens with zero attached hydrogens (tertiary/aromatic N) is 3. The molecule has 1 N–H and O–H groups in total. The minimum absolute atomic E-state index is 0. The zero-order chi connectivity index (χ0) is 20.5. The van der Waals surface area contributed by atoms with Crippen LogP contribution in [-0.4, -0.2) is 23.6 Å². The van der Waals surface area contributed by atoms with Gasteiger partial charge in [-0.2, -0.15) is 4.98 Å². The highest BCUT2D eigenvalue weighted by Gasteiger charge is 2.21. The summed E-state index contributed by atoms with van der Waals surface area (Å²) in [5, 5.41) is 4.41. The molecule has 31 heavy (non-hydrogen) atoms. The van der Waals surface area contributed by atoms with Gasteiger partial charge in [-0.3, -0.25) is 0 Å². The Bertz CT molecular complexity index is 1230. The summed E-state index contributed by atoms with van der Waals surface area (Å²) in [7, 11) is 1.68. The fraction of sp³-hybridized carbons (Fsp3) is 0.200. The Kier molecular flexibility index (Phi) is 5.96. The zero-order valence-corrected chi connectivity index (χ0v) is 18.4. The lowest BCUT2D eigenvalue weighted by Gasteiger charge is -2.31. The van der Waals surface area contributed by atoms with Crippen molar-refractivity contribution in [2.75, 3.05) is 23.9 Å². The summed E-state index contributed by atoms with van der Waals surface area (Å²) in [5.74, 6) is 2.26. The molecule has 5 rings (SSSR count). The summed E-state index contributed by atoms with van der Waals surface area (Å²) in [5.41, 5.74) is 5.74. The Morgan fingerprint density at radius 2 is 1.68 bits per heavy atom. The third-order valence-corrected chi connectivity index (χ3v) is 5.71. The van der Waals surface area contributed by atoms with Crippen LogP contribution in [0.2, 0.25) is 0 Å². The van der Waals surface area contributed by atoms with E-state index in [4.69, 9.17) is 14.7 Å². The first-order chi connectivity index (χ1) is 14.7. The number of aryl methyl sites for hydroxylation is 1. The number of ether oxygens (including phenoxy) is 1. The van der Waals surface area contributed by atoms with Crippen LogP contribution in [0.25, 0.3) is 10.9 Å². The van der Waals surface area contributed by atoms with Gasteiger partial charge >= 0.3 is 0 Å². The quantitative estimate of drug-likeness (QED) is 0.450. The Hall–Kier alpha value is -3.31. The lowest BCUT2D eigenvalue weighted by atomic mass is 9.99. The van der Waals surface area contributed by atoms with Gasteiger partial charge in [0.15, 0.2) is 0 Å². The van der Waals surface area contributed by atoms with Crippen molar-refractivity contribution in [3.63, 3.8) is 0 Å². The molecule has 0 saturated carbocycles. The summed E-state index contributed by atoms with van der Waals surface area (Å²) in [4.78, 5) is 12.1. The van der Waals surface area contributed by atoms with Crippen LogP contribution in [0, 0.1) is 6.92 Å². The number of anilines is 3. The van der Waals surface area contributed by atoms with Gasteiger partial charge in [-0.1, -0.05) is 48.5 Å². The molecule has 0 amide bonds. The molecule has 5 nitrogen and oxygen atoms in total. The van der Waals surface area contributed by atoms with E-state index in [1.54, 1.807) is 7.11 Å². The molecular weight excluding hydrogens is 408 g/mol. The molecule has 0 spiro atoms. The standard InChI is InChI=1S/C25H24N4O.ClH/c1-17-8-3-6-12-21(17)26-25-27-23-20(11-7-13-22(23)30-2)24(28-25)29-15-14-18-9-4-5-10-19(18)16-29;/h3-13H,14-16H2,1-2H3,(H,26,27,28);1H. The monoisotopic (exact) mass is 432 g/mol. The van der Waals surface area contributed by atoms with Gasteiger partial charge < -0.3 is 15.0 Å². The van der Waals surface area contributed by atoms with Crippen molar-refractivity contribution in [2.24, 2.45) is 0 Å². The SMILES string of the molecule is COc1cccc2c(N3CCc4ccccc4C3)nc(Nc3ccccc3C)nc12.Cl. The molecule has 1 aliphatic rings. The smallest absolute Gasteiger partial charge is 0.229 e. The molecule has 0 unspecified atom stereocenters. The first-order valence-electron chi connectivity index (χ1n) is 10.2. The van der Waals surface area contributed by atoms with Crippen molar-refractivity contribution in [3.8, 4) is 5.75 Å². The Morgan fingerprint density at radius 3 is 2.48 bits per heavy atom. The van der Waals surface area contributed by atoms with Gasteiger partial charge in [0, 0.05) is 24.2 Å². The molecule has 0 saturated heterocycles. The number of benzene rings is 3. The second-order valence-corrected chi connectivity index (χ2v) is 7.61. The summed E-state index contributed by atoms with van der Waals surface area (Å²) >= 11 is 0. The Labute approximate surface area is 188 Å². The van der Waals surface area contributed by atoms with E-state index in [2.05, 4.69) is 53.5 Å². The molecular formula is C25H25ClN4O. The largest absolute Gasteiger partial charge is 0.494 e. The molecule has 0 fully saturated rings. The maximum Gasteiger partial charge on any atom is 0.229 e. The molecule has 0 radical (unpaired) electrons. The first-order valence-corrected chi connectivity index (χ1v) is 10.2. The molecule has 1 aliphatic heterocycles. The van der Waals surface area contributed by atoms with Crippen LogP contribution in [0.3, 0.4) is 0 Å². The van der Waals surface area contributed by atoms with Crippen LogP contribution in [0.1, 0.15) is 16.7 Å². The second kappa shape index (κ2) is 8.82. The third kappa shape index (κ3) is 4.01. The number of aromatic nitrogens is 2. The van der Waals surface area contributed by atoms with Gasteiger partial charge in [0.2, 0.25) is 5.95 Å². The van der Waals surface area contributed by atoms with Crippen molar-refractivity contribution in [2.45, 2.75) is 19.9 Å². The van der Waals surface area contributed by atoms with Crippen LogP contribution in [-0.2, 0) is 13.0 Å². The molecule has 0 aliphatic carbocycles. The highest BCUT2D eigenvalue weighted by molar-refractivity contribution is 5.94. The summed E-state index contributed by atoms with van der Waals surface area (Å²) in [6.45, 7) is 3.83. The number of hydrogen-bond acceptors (Lipinski definition) is 5. The fourth-order valence-corrected chi connectivity index (χ4v) is 4.08. The number of fused-ring (bicyclic) bond motifs is 2. The number of halogens is 1. The number of nitrogens with one attached hydrogen (secondary N) is 1. The number of para-hydroxylation sites is 2. The van der Waals surface area contributed by atoms with Gasteiger partial charge in [0.05, 0.1) is 7.11 Å². The third-order valence-electron chi connectivity index (χ3n) is 5.71. The van der Waals surface area contributed by atoms with E-state index < -0.39 is 0 Å². The Morgan fingerprint density at radius 1 is 0.903 bits per heavy atom. The van der Waals surface area contributed by atoms with Crippen molar-refractivity contribution in [1.82, 2.24) is 9.97 Å². The van der Waals surface area contributed by atoms with Gasteiger partial charge in [0.1, 0.15) is 17.1 Å². The Balaban J connectivity index is 0.00000231. The van der Waals surface area contributed by atoms with Crippen molar-refractivity contribution >= 4 is 40.8 Å². The van der Waals surface area contributed by atoms with Gasteiger partial charge in [-0.15, -0.1) is 12.4 Å². The maximum absolute atomic E-state index is 5.62. The lowest BCUT2D eigenvalue weighted by Crippen LogP contribution is -2.31. The van der Waals surface area contributed by atoms with E-state index in [1.165, 1.54) is 11.1 Å². The van der Waals surface area contributed by atoms with E-state index in [-0.39, 0.29) is 12.4 Å². The van der Waals surface area contributed by atoms with Gasteiger partial charge in [-0.05, 0) is 48.2 Å². The molecule has 6 heteroatoms. The molecule has 2 heterocycles. The highest BCUT2D eigenvalue weighted by Crippen LogP contribution is 2.34. The van der Waals surface area contributed by atoms with Crippen LogP contribution < -0.4 is 15.0 Å². The first kappa shape index (κ1) is 20.9. The highest BCUT2D eigenvalue weighted by atomic mass is 35.5. The summed E-state index contributed by atoms with van der Waals surface area (Å²) in [6, 6.07) is 22.8. The average Bonchev–Trinajstić information content (AvgIpc) is 2.79. The van der Waals surface area contributed by atoms with Crippen LogP contribution in [0.4, 0.5) is 17.5 Å². The molecule has 0 atom stereocenters. The normalized spacial score (nSPS) is 12.8. The summed E-state index contributed by atoms with van der Waals surface area (Å²) < 4.78 is 5.62. The average molecular weight is 433 g/mol. The van der Waals surface area contributed by atoms with E-state index in [0.29, 0.717) is 5.95 Å². The van der Waals surface area contributed by atoms with Crippen molar-refractivity contribution in [3.05, 3.63) is 83.4 Å². The number of hydrogen-bond donors (Lipinski definition) is 1. The van der Waals surface area contributed by atoms with Crippen LogP contribution >= 0.6 is 12.4 Å². The van der Waals surface area contributed by atoms with Gasteiger partial charge in [0.25, 0.3) is 0 Å². The number of methoxy groups -OCH3 is 1. The summed E-state index contributed by atoms with van der Waals surface area (Å²) in [6.07, 6.45) is 1.01. The minimum Gasteiger partial charge on any atom is -0.494 e. The molecule has 0 bridgehead atoms. The molecule has 4 aromatic rings. The maximum atomic E-state index is 5.62. The van der Waals surface area contributed by atoms with Gasteiger partial charge in [-0.25, -0.2) is 4.98 Å². The van der Waals surface area contributed by atoms with E-state index >= 15 is 0 Å². The fourth-order valence-electron chi connectivity index (χ4n) is 4.08. The molecule has 3 aromatic carbocycles. The topological polar surface area (TPSA) is 50.3 Å². The predicted molar refractivity (Wildman–Crippen MR) is 129 cm³/mol. The number of rotatable bonds is 4. The lowest BCUT2D eigenvalue weighted by molar-refractivity contribution is 0.419. The molecule has 1 aromatic heterocycles. The second-order valence-electron chi connectivity index (χ2n) is 7.61. The molecule has 158 valence electrons. The predicted octanol–water partition coefficient (Wildman–Crippen LogP) is 5.67. The van der Waals surface area contributed by atoms with E-state index in [9.17, 15) is 0 Å². The van der Waals surface area contributed by atoms with Crippen molar-refractivity contribution in [1.29, 1.82) is 0 Å². The van der Waals surface area contributed by atoms with Crippen molar-refractivity contribution < 1.29 is 4.74 Å².